The first-order valence-corrected chi connectivity index (χ1v) is 10.2. The fourth-order valence-corrected chi connectivity index (χ4v) is 3.62. The van der Waals surface area contributed by atoms with Gasteiger partial charge in [-0.1, -0.05) is 61.6 Å². The minimum atomic E-state index is -0.157. The Balaban J connectivity index is 1.27. The molecular weight excluding hydrogens is 386 g/mol. The van der Waals surface area contributed by atoms with E-state index in [1.165, 1.54) is 16.9 Å². The van der Waals surface area contributed by atoms with Crippen LogP contribution >= 0.6 is 11.3 Å². The van der Waals surface area contributed by atoms with Gasteiger partial charge < -0.3 is 10.1 Å². The third-order valence-electron chi connectivity index (χ3n) is 4.49. The third kappa shape index (κ3) is 4.60. The van der Waals surface area contributed by atoms with Crippen LogP contribution in [0.25, 0.3) is 15.5 Å². The SMILES string of the molecule is CC(C)c1ccc(OCC(=O)NCc2ccc(-c3nn4cnnc4s3)cc2)cc1. The van der Waals surface area contributed by atoms with E-state index in [0.29, 0.717) is 18.2 Å². The topological polar surface area (TPSA) is 81.4 Å². The van der Waals surface area contributed by atoms with E-state index in [1.54, 1.807) is 10.8 Å². The second-order valence-electron chi connectivity index (χ2n) is 6.95. The predicted octanol–water partition coefficient (Wildman–Crippen LogP) is 3.67. The molecule has 0 saturated carbocycles. The smallest absolute Gasteiger partial charge is 0.258 e. The Morgan fingerprint density at radius 1 is 1.14 bits per heavy atom. The Bertz CT molecular complexity index is 1070. The molecule has 148 valence electrons. The van der Waals surface area contributed by atoms with Gasteiger partial charge in [-0.2, -0.15) is 9.61 Å². The number of nitrogens with zero attached hydrogens (tertiary/aromatic N) is 4. The molecule has 0 fully saturated rings. The Kier molecular flexibility index (Phi) is 5.53. The van der Waals surface area contributed by atoms with Gasteiger partial charge in [-0.3, -0.25) is 4.79 Å². The molecule has 4 rings (SSSR count). The zero-order valence-electron chi connectivity index (χ0n) is 16.2. The largest absolute Gasteiger partial charge is 0.484 e. The summed E-state index contributed by atoms with van der Waals surface area (Å²) in [5.41, 5.74) is 3.25. The number of carbonyl (C=O) groups excluding carboxylic acids is 1. The van der Waals surface area contributed by atoms with E-state index in [0.717, 1.165) is 21.1 Å². The zero-order valence-corrected chi connectivity index (χ0v) is 17.0. The van der Waals surface area contributed by atoms with Gasteiger partial charge in [0.15, 0.2) is 6.61 Å². The lowest BCUT2D eigenvalue weighted by Crippen LogP contribution is -2.28. The summed E-state index contributed by atoms with van der Waals surface area (Å²) in [6, 6.07) is 15.8. The summed E-state index contributed by atoms with van der Waals surface area (Å²) in [6.07, 6.45) is 1.58. The average Bonchev–Trinajstić information content (AvgIpc) is 3.34. The summed E-state index contributed by atoms with van der Waals surface area (Å²) in [6.45, 7) is 4.72. The highest BCUT2D eigenvalue weighted by Gasteiger charge is 2.08. The molecule has 0 spiro atoms. The maximum atomic E-state index is 12.1. The zero-order chi connectivity index (χ0) is 20.2. The molecule has 4 aromatic rings. The number of hydrogen-bond donors (Lipinski definition) is 1. The Morgan fingerprint density at radius 2 is 1.90 bits per heavy atom. The number of hydrogen-bond acceptors (Lipinski definition) is 6. The van der Waals surface area contributed by atoms with Gasteiger partial charge in [0.25, 0.3) is 5.91 Å². The quantitative estimate of drug-likeness (QED) is 0.505. The molecule has 0 atom stereocenters. The Hall–Kier alpha value is -3.26. The van der Waals surface area contributed by atoms with Gasteiger partial charge in [0, 0.05) is 12.1 Å². The normalized spacial score (nSPS) is 11.1. The molecule has 0 unspecified atom stereocenters. The molecule has 8 heteroatoms. The maximum Gasteiger partial charge on any atom is 0.258 e. The molecule has 2 aromatic heterocycles. The number of aromatic nitrogens is 4. The van der Waals surface area contributed by atoms with Crippen molar-refractivity contribution in [2.45, 2.75) is 26.3 Å². The van der Waals surface area contributed by atoms with Gasteiger partial charge in [-0.05, 0) is 29.2 Å². The average molecular weight is 407 g/mol. The van der Waals surface area contributed by atoms with Crippen LogP contribution in [0.15, 0.2) is 54.9 Å². The molecule has 1 N–H and O–H groups in total. The summed E-state index contributed by atoms with van der Waals surface area (Å²) in [5, 5.41) is 16.0. The molecule has 0 radical (unpaired) electrons. The van der Waals surface area contributed by atoms with Crippen LogP contribution in [0.5, 0.6) is 5.75 Å². The maximum absolute atomic E-state index is 12.1. The monoisotopic (exact) mass is 407 g/mol. The second kappa shape index (κ2) is 8.40. The van der Waals surface area contributed by atoms with Gasteiger partial charge in [0.05, 0.1) is 0 Å². The summed E-state index contributed by atoms with van der Waals surface area (Å²) < 4.78 is 7.21. The molecule has 0 bridgehead atoms. The van der Waals surface area contributed by atoms with Crippen LogP contribution in [0.4, 0.5) is 0 Å². The Morgan fingerprint density at radius 3 is 2.59 bits per heavy atom. The van der Waals surface area contributed by atoms with E-state index >= 15 is 0 Å². The van der Waals surface area contributed by atoms with Crippen molar-refractivity contribution in [2.24, 2.45) is 0 Å². The molecule has 2 heterocycles. The molecule has 0 aliphatic heterocycles. The molecule has 7 nitrogen and oxygen atoms in total. The van der Waals surface area contributed by atoms with Gasteiger partial charge >= 0.3 is 0 Å². The van der Waals surface area contributed by atoms with Gasteiger partial charge in [0.2, 0.25) is 4.96 Å². The lowest BCUT2D eigenvalue weighted by molar-refractivity contribution is -0.123. The summed E-state index contributed by atoms with van der Waals surface area (Å²) in [5.74, 6) is 1.01. The lowest BCUT2D eigenvalue weighted by atomic mass is 10.0. The number of nitrogens with one attached hydrogen (secondary N) is 1. The highest BCUT2D eigenvalue weighted by Crippen LogP contribution is 2.24. The van der Waals surface area contributed by atoms with E-state index in [9.17, 15) is 4.79 Å². The van der Waals surface area contributed by atoms with Gasteiger partial charge in [-0.15, -0.1) is 10.2 Å². The van der Waals surface area contributed by atoms with Crippen molar-refractivity contribution >= 4 is 22.2 Å². The van der Waals surface area contributed by atoms with Crippen LogP contribution in [0, 0.1) is 0 Å². The van der Waals surface area contributed by atoms with E-state index in [1.807, 2.05) is 48.5 Å². The summed E-state index contributed by atoms with van der Waals surface area (Å²) >= 11 is 1.48. The molecule has 2 aromatic carbocycles. The Labute approximate surface area is 172 Å². The number of benzene rings is 2. The van der Waals surface area contributed by atoms with Crippen molar-refractivity contribution < 1.29 is 9.53 Å². The fraction of sp³-hybridized carbons (Fsp3) is 0.238. The minimum absolute atomic E-state index is 0.00788. The molecule has 0 saturated heterocycles. The number of carbonyl (C=O) groups is 1. The lowest BCUT2D eigenvalue weighted by Gasteiger charge is -2.09. The molecule has 29 heavy (non-hydrogen) atoms. The van der Waals surface area contributed by atoms with Crippen LogP contribution in [-0.4, -0.2) is 32.3 Å². The van der Waals surface area contributed by atoms with Crippen LogP contribution in [0.3, 0.4) is 0 Å². The van der Waals surface area contributed by atoms with Crippen LogP contribution in [0.1, 0.15) is 30.9 Å². The first-order valence-electron chi connectivity index (χ1n) is 9.34. The third-order valence-corrected chi connectivity index (χ3v) is 5.46. The van der Waals surface area contributed by atoms with Crippen LogP contribution in [0.2, 0.25) is 0 Å². The van der Waals surface area contributed by atoms with Crippen molar-refractivity contribution in [1.82, 2.24) is 25.1 Å². The van der Waals surface area contributed by atoms with Gasteiger partial charge in [0.1, 0.15) is 17.1 Å². The van der Waals surface area contributed by atoms with E-state index in [-0.39, 0.29) is 12.5 Å². The van der Waals surface area contributed by atoms with Crippen molar-refractivity contribution in [3.8, 4) is 16.3 Å². The first kappa shape index (κ1) is 19.1. The standard InChI is InChI=1S/C21H21N5O2S/c1-14(2)16-7-9-18(10-8-16)28-12-19(27)22-11-15-3-5-17(6-4-15)20-25-26-13-23-24-21(26)29-20/h3-10,13-14H,11-12H2,1-2H3,(H,22,27). The molecule has 0 aliphatic rings. The number of fused-ring (bicyclic) bond motifs is 1. The number of rotatable bonds is 7. The molecular formula is C21H21N5O2S. The van der Waals surface area contributed by atoms with Crippen molar-refractivity contribution in [3.63, 3.8) is 0 Å². The van der Waals surface area contributed by atoms with Crippen molar-refractivity contribution in [3.05, 3.63) is 66.0 Å². The summed E-state index contributed by atoms with van der Waals surface area (Å²) in [4.78, 5) is 12.8. The van der Waals surface area contributed by atoms with Gasteiger partial charge in [-0.25, -0.2) is 0 Å². The molecule has 0 aliphatic carbocycles. The minimum Gasteiger partial charge on any atom is -0.484 e. The number of amides is 1. The molecule has 1 amide bonds. The van der Waals surface area contributed by atoms with E-state index in [4.69, 9.17) is 4.74 Å². The van der Waals surface area contributed by atoms with E-state index < -0.39 is 0 Å². The number of ether oxygens (including phenoxy) is 1. The predicted molar refractivity (Wildman–Crippen MR) is 112 cm³/mol. The second-order valence-corrected chi connectivity index (χ2v) is 7.91. The van der Waals surface area contributed by atoms with Crippen LogP contribution in [-0.2, 0) is 11.3 Å². The highest BCUT2D eigenvalue weighted by molar-refractivity contribution is 7.19. The van der Waals surface area contributed by atoms with Crippen molar-refractivity contribution in [2.75, 3.05) is 6.61 Å². The van der Waals surface area contributed by atoms with Crippen molar-refractivity contribution in [1.29, 1.82) is 0 Å². The first-order chi connectivity index (χ1) is 14.1. The fourth-order valence-electron chi connectivity index (χ4n) is 2.79. The van der Waals surface area contributed by atoms with E-state index in [2.05, 4.69) is 34.5 Å². The van der Waals surface area contributed by atoms with Crippen LogP contribution < -0.4 is 10.1 Å². The summed E-state index contributed by atoms with van der Waals surface area (Å²) in [7, 11) is 0. The highest BCUT2D eigenvalue weighted by atomic mass is 32.1.